The zero-order chi connectivity index (χ0) is 15.6. The number of carbonyl (C=O) groups is 2. The fourth-order valence-electron chi connectivity index (χ4n) is 2.18. The summed E-state index contributed by atoms with van der Waals surface area (Å²) in [7, 11) is 3.75. The first-order valence-corrected chi connectivity index (χ1v) is 7.05. The van der Waals surface area contributed by atoms with Gasteiger partial charge >= 0.3 is 12.1 Å². The molecule has 0 saturated carbocycles. The zero-order valence-electron chi connectivity index (χ0n) is 12.9. The van der Waals surface area contributed by atoms with Crippen molar-refractivity contribution in [3.63, 3.8) is 0 Å². The Morgan fingerprint density at radius 2 is 1.62 bits per heavy atom. The minimum atomic E-state index is -0.498. The van der Waals surface area contributed by atoms with Crippen molar-refractivity contribution >= 4 is 12.1 Å². The lowest BCUT2D eigenvalue weighted by atomic mass is 10.2. The molecule has 0 N–H and O–H groups in total. The summed E-state index contributed by atoms with van der Waals surface area (Å²) in [5, 5.41) is 0. The van der Waals surface area contributed by atoms with Crippen molar-refractivity contribution in [1.29, 1.82) is 0 Å². The Morgan fingerprint density at radius 3 is 2.10 bits per heavy atom. The maximum atomic E-state index is 12.3. The summed E-state index contributed by atoms with van der Waals surface area (Å²) in [6, 6.07) is -0.0544. The van der Waals surface area contributed by atoms with Crippen molar-refractivity contribution in [1.82, 2.24) is 19.6 Å². The van der Waals surface area contributed by atoms with E-state index in [9.17, 15) is 9.59 Å². The minimum Gasteiger partial charge on any atom is -0.444 e. The highest BCUT2D eigenvalue weighted by Gasteiger charge is 2.30. The molecule has 0 aromatic rings. The summed E-state index contributed by atoms with van der Waals surface area (Å²) < 4.78 is 5.33. The second-order valence-electron chi connectivity index (χ2n) is 6.24. The van der Waals surface area contributed by atoms with Gasteiger partial charge in [0.2, 0.25) is 0 Å². The van der Waals surface area contributed by atoms with Crippen LogP contribution in [0.25, 0.3) is 0 Å². The van der Waals surface area contributed by atoms with E-state index in [0.29, 0.717) is 32.8 Å². The highest BCUT2D eigenvalue weighted by molar-refractivity contribution is 5.76. The maximum Gasteiger partial charge on any atom is 0.410 e. The Kier molecular flexibility index (Phi) is 4.29. The van der Waals surface area contributed by atoms with Gasteiger partial charge in [0.15, 0.2) is 0 Å². The third kappa shape index (κ3) is 4.03. The smallest absolute Gasteiger partial charge is 0.410 e. The molecule has 0 atom stereocenters. The molecule has 1 radical (unpaired) electrons. The number of nitrogens with zero attached hydrogens (tertiary/aromatic N) is 4. The van der Waals surface area contributed by atoms with Crippen LogP contribution in [0.2, 0.25) is 0 Å². The molecular weight excluding hydrogens is 272 g/mol. The number of rotatable bonds is 0. The quantitative estimate of drug-likeness (QED) is 0.679. The van der Waals surface area contributed by atoms with Gasteiger partial charge in [-0.1, -0.05) is 0 Å². The van der Waals surface area contributed by atoms with Gasteiger partial charge in [0.25, 0.3) is 0 Å². The van der Waals surface area contributed by atoms with Gasteiger partial charge in [0.1, 0.15) is 5.60 Å². The molecule has 117 valence electrons. The molecule has 0 bridgehead atoms. The molecule has 0 aromatic heterocycles. The van der Waals surface area contributed by atoms with Crippen molar-refractivity contribution in [3.05, 3.63) is 19.4 Å². The number of carbonyl (C=O) groups excluding carboxylic acids is 2. The van der Waals surface area contributed by atoms with Crippen LogP contribution in [0.5, 0.6) is 0 Å². The number of amides is 3. The summed E-state index contributed by atoms with van der Waals surface area (Å²) in [5.74, 6) is 0. The third-order valence-corrected chi connectivity index (χ3v) is 3.24. The topological polar surface area (TPSA) is 56.3 Å². The fourth-order valence-corrected chi connectivity index (χ4v) is 2.18. The molecule has 2 aliphatic heterocycles. The highest BCUT2D eigenvalue weighted by atomic mass is 16.6. The average molecular weight is 295 g/mol. The van der Waals surface area contributed by atoms with Gasteiger partial charge in [-0.3, -0.25) is 4.90 Å². The molecule has 2 rings (SSSR count). The van der Waals surface area contributed by atoms with Crippen molar-refractivity contribution in [2.75, 3.05) is 32.8 Å². The largest absolute Gasteiger partial charge is 0.444 e. The summed E-state index contributed by atoms with van der Waals surface area (Å²) in [6.45, 7) is 8.00. The number of hydrogen-bond donors (Lipinski definition) is 0. The van der Waals surface area contributed by atoms with E-state index in [1.165, 1.54) is 0 Å². The molecule has 0 unspecified atom stereocenters. The summed E-state index contributed by atoms with van der Waals surface area (Å²) in [4.78, 5) is 30.9. The number of piperazine rings is 1. The number of ether oxygens (including phenoxy) is 1. The number of urea groups is 1. The molecule has 2 heterocycles. The van der Waals surface area contributed by atoms with Gasteiger partial charge in [-0.05, 0) is 20.8 Å². The first-order chi connectivity index (χ1) is 9.76. The van der Waals surface area contributed by atoms with Crippen molar-refractivity contribution in [3.8, 4) is 0 Å². The van der Waals surface area contributed by atoms with E-state index in [4.69, 9.17) is 4.74 Å². The van der Waals surface area contributed by atoms with Gasteiger partial charge in [0.05, 0.1) is 6.67 Å². The van der Waals surface area contributed by atoms with Crippen LogP contribution in [0.3, 0.4) is 0 Å². The normalized spacial score (nSPS) is 19.2. The third-order valence-electron chi connectivity index (χ3n) is 3.24. The van der Waals surface area contributed by atoms with E-state index >= 15 is 0 Å². The molecule has 0 aliphatic carbocycles. The summed E-state index contributed by atoms with van der Waals surface area (Å²) in [5.41, 5.74) is -0.498. The first-order valence-electron chi connectivity index (χ1n) is 7.05. The Morgan fingerprint density at radius 1 is 1.05 bits per heavy atom. The lowest BCUT2D eigenvalue weighted by Gasteiger charge is -2.36. The Balaban J connectivity index is 1.82. The van der Waals surface area contributed by atoms with Crippen molar-refractivity contribution in [2.24, 2.45) is 0 Å². The van der Waals surface area contributed by atoms with Crippen molar-refractivity contribution in [2.45, 2.75) is 26.4 Å². The fraction of sp³-hybridized carbons (Fsp3) is 0.643. The first kappa shape index (κ1) is 15.5. The van der Waals surface area contributed by atoms with Crippen molar-refractivity contribution < 1.29 is 14.3 Å². The standard InChI is InChI=1S/C14H23N4O3/c1-14(2,3)21-13(20)17-9-7-16(8-10-17)12(19)18-6-5-15(4)11-18/h5-6H,4,7-11H2,1-3H3. The molecular formula is C14H23N4O3. The number of hydrogen-bond acceptors (Lipinski definition) is 4. The lowest BCUT2D eigenvalue weighted by Crippen LogP contribution is -2.54. The van der Waals surface area contributed by atoms with E-state index < -0.39 is 5.60 Å². The molecule has 1 fully saturated rings. The van der Waals surface area contributed by atoms with Gasteiger partial charge in [0, 0.05) is 45.6 Å². The predicted octanol–water partition coefficient (Wildman–Crippen LogP) is 1.50. The summed E-state index contributed by atoms with van der Waals surface area (Å²) in [6.07, 6.45) is 3.16. The van der Waals surface area contributed by atoms with Crippen LogP contribution in [0.1, 0.15) is 20.8 Å². The van der Waals surface area contributed by atoms with Gasteiger partial charge in [-0.15, -0.1) is 0 Å². The van der Waals surface area contributed by atoms with Crippen LogP contribution in [-0.4, -0.2) is 70.2 Å². The second-order valence-corrected chi connectivity index (χ2v) is 6.24. The molecule has 7 heteroatoms. The Labute approximate surface area is 125 Å². The van der Waals surface area contributed by atoms with Crippen LogP contribution in [-0.2, 0) is 4.74 Å². The Bertz CT molecular complexity index is 436. The zero-order valence-corrected chi connectivity index (χ0v) is 12.9. The highest BCUT2D eigenvalue weighted by Crippen LogP contribution is 2.14. The van der Waals surface area contributed by atoms with Crippen LogP contribution in [0.15, 0.2) is 12.4 Å². The van der Waals surface area contributed by atoms with E-state index in [1.54, 1.807) is 32.0 Å². The molecule has 1 saturated heterocycles. The van der Waals surface area contributed by atoms with E-state index in [2.05, 4.69) is 7.05 Å². The molecule has 0 aromatic carbocycles. The van der Waals surface area contributed by atoms with E-state index in [0.717, 1.165) is 0 Å². The van der Waals surface area contributed by atoms with Gasteiger partial charge in [-0.25, -0.2) is 9.59 Å². The minimum absolute atomic E-state index is 0.0544. The Hall–Kier alpha value is -1.92. The van der Waals surface area contributed by atoms with Crippen LogP contribution >= 0.6 is 0 Å². The molecule has 0 spiro atoms. The SMILES string of the molecule is [CH2]N1C=CN(C(=O)N2CCN(C(=O)OC(C)(C)C)CC2)C1. The van der Waals surface area contributed by atoms with E-state index in [-0.39, 0.29) is 12.1 Å². The maximum absolute atomic E-state index is 12.3. The average Bonchev–Trinajstić information content (AvgIpc) is 2.83. The molecule has 21 heavy (non-hydrogen) atoms. The van der Waals surface area contributed by atoms with Crippen LogP contribution < -0.4 is 0 Å². The summed E-state index contributed by atoms with van der Waals surface area (Å²) >= 11 is 0. The monoisotopic (exact) mass is 295 g/mol. The van der Waals surface area contributed by atoms with Crippen LogP contribution in [0, 0.1) is 7.05 Å². The van der Waals surface area contributed by atoms with Gasteiger partial charge in [-0.2, -0.15) is 0 Å². The molecule has 2 aliphatic rings. The molecule has 7 nitrogen and oxygen atoms in total. The molecule has 3 amide bonds. The lowest BCUT2D eigenvalue weighted by molar-refractivity contribution is 0.0161. The van der Waals surface area contributed by atoms with E-state index in [1.807, 2.05) is 20.8 Å². The predicted molar refractivity (Wildman–Crippen MR) is 77.8 cm³/mol. The second kappa shape index (κ2) is 5.83. The van der Waals surface area contributed by atoms with Crippen LogP contribution in [0.4, 0.5) is 9.59 Å². The van der Waals surface area contributed by atoms with Gasteiger partial charge < -0.3 is 19.4 Å².